The van der Waals surface area contributed by atoms with E-state index < -0.39 is 0 Å². The maximum atomic E-state index is 12.4. The van der Waals surface area contributed by atoms with Gasteiger partial charge in [-0.05, 0) is 31.4 Å². The first kappa shape index (κ1) is 14.3. The number of nitrogens with two attached hydrogens (primary N) is 1. The van der Waals surface area contributed by atoms with Gasteiger partial charge in [0.15, 0.2) is 5.84 Å². The fourth-order valence-electron chi connectivity index (χ4n) is 2.13. The fraction of sp³-hybridized carbons (Fsp3) is 0.462. The van der Waals surface area contributed by atoms with Gasteiger partial charge < -0.3 is 20.9 Å². The first-order valence-corrected chi connectivity index (χ1v) is 6.53. The summed E-state index contributed by atoms with van der Waals surface area (Å²) in [7, 11) is 0. The molecule has 1 aromatic heterocycles. The van der Waals surface area contributed by atoms with E-state index in [0.717, 1.165) is 19.3 Å². The molecule has 1 aliphatic carbocycles. The van der Waals surface area contributed by atoms with Gasteiger partial charge >= 0.3 is 0 Å². The molecule has 20 heavy (non-hydrogen) atoms. The lowest BCUT2D eigenvalue weighted by Crippen LogP contribution is -2.45. The molecule has 1 amide bonds. The van der Waals surface area contributed by atoms with Crippen LogP contribution in [0, 0.1) is 0 Å². The molecule has 1 heterocycles. The van der Waals surface area contributed by atoms with Crippen LogP contribution in [0.15, 0.2) is 23.5 Å². The van der Waals surface area contributed by atoms with Crippen molar-refractivity contribution >= 4 is 11.7 Å². The molecule has 1 aromatic rings. The van der Waals surface area contributed by atoms with Crippen LogP contribution < -0.4 is 5.73 Å². The first-order chi connectivity index (χ1) is 9.67. The van der Waals surface area contributed by atoms with Crippen LogP contribution in [0.2, 0.25) is 0 Å². The van der Waals surface area contributed by atoms with E-state index in [0.29, 0.717) is 17.8 Å². The number of carbonyl (C=O) groups is 1. The molecule has 108 valence electrons. The summed E-state index contributed by atoms with van der Waals surface area (Å²) in [6, 6.07) is 3.31. The Balaban J connectivity index is 2.14. The van der Waals surface area contributed by atoms with Crippen molar-refractivity contribution in [3.63, 3.8) is 0 Å². The van der Waals surface area contributed by atoms with Crippen LogP contribution in [0.1, 0.15) is 35.3 Å². The van der Waals surface area contributed by atoms with Crippen molar-refractivity contribution in [1.82, 2.24) is 9.88 Å². The highest BCUT2D eigenvalue weighted by atomic mass is 16.4. The fourth-order valence-corrected chi connectivity index (χ4v) is 2.13. The average molecular weight is 278 g/mol. The zero-order chi connectivity index (χ0) is 14.5. The second kappa shape index (κ2) is 6.33. The van der Waals surface area contributed by atoms with Crippen molar-refractivity contribution in [2.45, 2.75) is 25.3 Å². The molecule has 1 saturated carbocycles. The Hall–Kier alpha value is -2.15. The van der Waals surface area contributed by atoms with Crippen molar-refractivity contribution in [1.29, 1.82) is 0 Å². The van der Waals surface area contributed by atoms with Gasteiger partial charge in [0.1, 0.15) is 5.69 Å². The maximum Gasteiger partial charge on any atom is 0.272 e. The van der Waals surface area contributed by atoms with Gasteiger partial charge in [-0.1, -0.05) is 5.16 Å². The molecule has 1 aliphatic rings. The lowest BCUT2D eigenvalue weighted by Gasteiger charge is -2.37. The summed E-state index contributed by atoms with van der Waals surface area (Å²) < 4.78 is 0. The number of rotatable bonds is 5. The Morgan fingerprint density at radius 3 is 2.70 bits per heavy atom. The van der Waals surface area contributed by atoms with Crippen molar-refractivity contribution < 1.29 is 15.1 Å². The van der Waals surface area contributed by atoms with Gasteiger partial charge in [-0.2, -0.15) is 0 Å². The van der Waals surface area contributed by atoms with E-state index in [9.17, 15) is 4.79 Å². The van der Waals surface area contributed by atoms with Gasteiger partial charge in [0, 0.05) is 24.3 Å². The maximum absolute atomic E-state index is 12.4. The summed E-state index contributed by atoms with van der Waals surface area (Å²) >= 11 is 0. The Bertz CT molecular complexity index is 497. The van der Waals surface area contributed by atoms with E-state index in [2.05, 4.69) is 10.1 Å². The van der Waals surface area contributed by atoms with Gasteiger partial charge in [0.2, 0.25) is 0 Å². The van der Waals surface area contributed by atoms with E-state index in [4.69, 9.17) is 16.0 Å². The highest BCUT2D eigenvalue weighted by molar-refractivity contribution is 5.98. The summed E-state index contributed by atoms with van der Waals surface area (Å²) in [6.45, 7) is 0.248. The zero-order valence-corrected chi connectivity index (χ0v) is 11.1. The third kappa shape index (κ3) is 2.88. The smallest absolute Gasteiger partial charge is 0.272 e. The number of amides is 1. The van der Waals surface area contributed by atoms with Gasteiger partial charge in [0.05, 0.1) is 6.61 Å². The lowest BCUT2D eigenvalue weighted by molar-refractivity contribution is 0.0520. The normalized spacial score (nSPS) is 15.8. The number of aliphatic hydroxyl groups is 1. The molecule has 7 nitrogen and oxygen atoms in total. The van der Waals surface area contributed by atoms with Gasteiger partial charge in [0.25, 0.3) is 5.91 Å². The Morgan fingerprint density at radius 1 is 1.50 bits per heavy atom. The molecule has 0 saturated heterocycles. The van der Waals surface area contributed by atoms with Crippen LogP contribution in [0.25, 0.3) is 0 Å². The van der Waals surface area contributed by atoms with E-state index in [1.165, 1.54) is 6.20 Å². The molecule has 4 N–H and O–H groups in total. The van der Waals surface area contributed by atoms with Crippen LogP contribution in [-0.2, 0) is 0 Å². The van der Waals surface area contributed by atoms with E-state index in [1.807, 2.05) is 0 Å². The van der Waals surface area contributed by atoms with Crippen LogP contribution in [0.3, 0.4) is 0 Å². The molecule has 0 unspecified atom stereocenters. The second-order valence-electron chi connectivity index (χ2n) is 4.72. The van der Waals surface area contributed by atoms with E-state index in [-0.39, 0.29) is 24.4 Å². The number of carbonyl (C=O) groups excluding carboxylic acids is 1. The lowest BCUT2D eigenvalue weighted by atomic mass is 9.91. The van der Waals surface area contributed by atoms with Crippen LogP contribution >= 0.6 is 0 Å². The third-order valence-corrected chi connectivity index (χ3v) is 3.50. The number of aliphatic hydroxyl groups excluding tert-OH is 1. The highest BCUT2D eigenvalue weighted by Gasteiger charge is 2.29. The number of amidine groups is 1. The number of pyridine rings is 1. The SMILES string of the molecule is N/C(=N/O)c1ccc(C(=O)N(CCO)C2CCC2)nc1. The number of hydrogen-bond acceptors (Lipinski definition) is 5. The molecular weight excluding hydrogens is 260 g/mol. The minimum absolute atomic E-state index is 0.0530. The molecule has 0 aromatic carbocycles. The van der Waals surface area contributed by atoms with Crippen LogP contribution in [0.5, 0.6) is 0 Å². The van der Waals surface area contributed by atoms with Crippen molar-refractivity contribution in [3.8, 4) is 0 Å². The Labute approximate surface area is 116 Å². The van der Waals surface area contributed by atoms with E-state index in [1.54, 1.807) is 17.0 Å². The second-order valence-corrected chi connectivity index (χ2v) is 4.72. The van der Waals surface area contributed by atoms with Gasteiger partial charge in [-0.15, -0.1) is 0 Å². The minimum atomic E-state index is -0.199. The molecule has 2 rings (SSSR count). The average Bonchev–Trinajstić information content (AvgIpc) is 2.43. The molecule has 7 heteroatoms. The predicted molar refractivity (Wildman–Crippen MR) is 72.5 cm³/mol. The van der Waals surface area contributed by atoms with Crippen LogP contribution in [0.4, 0.5) is 0 Å². The van der Waals surface area contributed by atoms with E-state index >= 15 is 0 Å². The molecule has 0 radical (unpaired) electrons. The quantitative estimate of drug-likeness (QED) is 0.307. The van der Waals surface area contributed by atoms with Crippen molar-refractivity contribution in [2.24, 2.45) is 10.9 Å². The molecule has 0 aliphatic heterocycles. The summed E-state index contributed by atoms with van der Waals surface area (Å²) in [6.07, 6.45) is 4.43. The monoisotopic (exact) mass is 278 g/mol. The standard InChI is InChI=1S/C13H18N4O3/c14-12(16-20)9-4-5-11(15-8-9)13(19)17(6-7-18)10-2-1-3-10/h4-5,8,10,18,20H,1-3,6-7H2,(H2,14,16). The Morgan fingerprint density at radius 2 is 2.25 bits per heavy atom. The third-order valence-electron chi connectivity index (χ3n) is 3.50. The number of oxime groups is 1. The molecular formula is C13H18N4O3. The predicted octanol–water partition coefficient (Wildman–Crippen LogP) is 0.163. The number of hydrogen-bond donors (Lipinski definition) is 3. The Kier molecular flexibility index (Phi) is 4.52. The minimum Gasteiger partial charge on any atom is -0.409 e. The van der Waals surface area contributed by atoms with Gasteiger partial charge in [-0.25, -0.2) is 0 Å². The van der Waals surface area contributed by atoms with Crippen molar-refractivity contribution in [2.75, 3.05) is 13.2 Å². The molecule has 0 bridgehead atoms. The van der Waals surface area contributed by atoms with Crippen molar-refractivity contribution in [3.05, 3.63) is 29.6 Å². The molecule has 1 fully saturated rings. The zero-order valence-electron chi connectivity index (χ0n) is 11.1. The first-order valence-electron chi connectivity index (χ1n) is 6.53. The molecule has 0 spiro atoms. The summed E-state index contributed by atoms with van der Waals surface area (Å²) in [5.41, 5.74) is 6.18. The summed E-state index contributed by atoms with van der Waals surface area (Å²) in [4.78, 5) is 18.1. The molecule has 0 atom stereocenters. The topological polar surface area (TPSA) is 112 Å². The van der Waals surface area contributed by atoms with Crippen LogP contribution in [-0.4, -0.2) is 51.1 Å². The number of aromatic nitrogens is 1. The highest BCUT2D eigenvalue weighted by Crippen LogP contribution is 2.25. The van der Waals surface area contributed by atoms with Gasteiger partial charge in [-0.3, -0.25) is 9.78 Å². The number of nitrogens with zero attached hydrogens (tertiary/aromatic N) is 3. The largest absolute Gasteiger partial charge is 0.409 e. The summed E-state index contributed by atoms with van der Waals surface area (Å²) in [5.74, 6) is -0.252. The summed E-state index contributed by atoms with van der Waals surface area (Å²) in [5, 5.41) is 20.5.